The number of hydrogen-bond acceptors (Lipinski definition) is 3. The average Bonchev–Trinajstić information content (AvgIpc) is 2.67. The highest BCUT2D eigenvalue weighted by Crippen LogP contribution is 2.36. The summed E-state index contributed by atoms with van der Waals surface area (Å²) in [5.74, 6) is 1.18. The number of hydrogen-bond donors (Lipinski definition) is 1. The summed E-state index contributed by atoms with van der Waals surface area (Å²) >= 11 is 3.44. The minimum Gasteiger partial charge on any atom is -0.367 e. The van der Waals surface area contributed by atoms with E-state index in [9.17, 15) is 0 Å². The normalized spacial score (nSPS) is 15.6. The first-order chi connectivity index (χ1) is 8.74. The predicted octanol–water partition coefficient (Wildman–Crippen LogP) is 4.03. The molecule has 1 aliphatic rings. The molecule has 0 unspecified atom stereocenters. The first-order valence-electron chi connectivity index (χ1n) is 6.24. The molecule has 3 rings (SSSR count). The Morgan fingerprint density at radius 1 is 1.28 bits per heavy atom. The third-order valence-corrected chi connectivity index (χ3v) is 4.16. The molecule has 1 aliphatic carbocycles. The van der Waals surface area contributed by atoms with E-state index in [0.717, 1.165) is 33.6 Å². The molecule has 4 heteroatoms. The molecule has 1 fully saturated rings. The van der Waals surface area contributed by atoms with Crippen LogP contribution in [-0.4, -0.2) is 5.16 Å². The first kappa shape index (κ1) is 11.8. The van der Waals surface area contributed by atoms with Crippen LogP contribution in [0.3, 0.4) is 0 Å². The number of anilines is 1. The number of nitrogens with two attached hydrogens (primary N) is 1. The van der Waals surface area contributed by atoms with Crippen molar-refractivity contribution in [1.82, 2.24) is 5.16 Å². The smallest absolute Gasteiger partial charge is 0.230 e. The summed E-state index contributed by atoms with van der Waals surface area (Å²) in [6, 6.07) is 8.10. The molecule has 0 amide bonds. The summed E-state index contributed by atoms with van der Waals surface area (Å²) in [6.07, 6.45) is 4.91. The number of aromatic nitrogens is 1. The molecule has 0 bridgehead atoms. The van der Waals surface area contributed by atoms with Crippen LogP contribution in [0.5, 0.6) is 0 Å². The zero-order chi connectivity index (χ0) is 12.5. The maximum atomic E-state index is 5.91. The summed E-state index contributed by atoms with van der Waals surface area (Å²) < 4.78 is 6.22. The van der Waals surface area contributed by atoms with Gasteiger partial charge in [-0.2, -0.15) is 0 Å². The molecule has 2 aromatic rings. The van der Waals surface area contributed by atoms with Gasteiger partial charge in [-0.3, -0.25) is 0 Å². The largest absolute Gasteiger partial charge is 0.367 e. The van der Waals surface area contributed by atoms with Gasteiger partial charge in [0.25, 0.3) is 0 Å². The van der Waals surface area contributed by atoms with Gasteiger partial charge >= 0.3 is 0 Å². The van der Waals surface area contributed by atoms with Crippen LogP contribution in [0.2, 0.25) is 0 Å². The summed E-state index contributed by atoms with van der Waals surface area (Å²) in [7, 11) is 0. The lowest BCUT2D eigenvalue weighted by molar-refractivity contribution is 0.306. The summed E-state index contributed by atoms with van der Waals surface area (Å²) in [5, 5.41) is 4.12. The van der Waals surface area contributed by atoms with Crippen LogP contribution in [-0.2, 0) is 6.42 Å². The number of benzene rings is 1. The van der Waals surface area contributed by atoms with Crippen LogP contribution in [0.4, 0.5) is 5.88 Å². The van der Waals surface area contributed by atoms with E-state index in [1.165, 1.54) is 19.3 Å². The van der Waals surface area contributed by atoms with Crippen LogP contribution in [0.1, 0.15) is 25.0 Å². The van der Waals surface area contributed by atoms with E-state index in [2.05, 4.69) is 21.1 Å². The highest BCUT2D eigenvalue weighted by molar-refractivity contribution is 9.10. The first-order valence-corrected chi connectivity index (χ1v) is 7.03. The molecule has 1 heterocycles. The van der Waals surface area contributed by atoms with Crippen molar-refractivity contribution in [2.24, 2.45) is 5.92 Å². The molecule has 0 aliphatic heterocycles. The Hall–Kier alpha value is -1.29. The number of nitrogens with zero attached hydrogens (tertiary/aromatic N) is 1. The summed E-state index contributed by atoms with van der Waals surface area (Å²) in [4.78, 5) is 0. The van der Waals surface area contributed by atoms with Crippen LogP contribution >= 0.6 is 15.9 Å². The van der Waals surface area contributed by atoms with Crippen LogP contribution in [0.15, 0.2) is 33.3 Å². The van der Waals surface area contributed by atoms with Crippen LogP contribution in [0, 0.1) is 5.92 Å². The van der Waals surface area contributed by atoms with Gasteiger partial charge in [-0.15, -0.1) is 0 Å². The van der Waals surface area contributed by atoms with E-state index in [1.807, 2.05) is 24.3 Å². The fourth-order valence-electron chi connectivity index (χ4n) is 2.37. The Bertz CT molecular complexity index is 543. The average molecular weight is 307 g/mol. The minimum absolute atomic E-state index is 0.423. The Balaban J connectivity index is 1.94. The van der Waals surface area contributed by atoms with Crippen molar-refractivity contribution >= 4 is 21.8 Å². The molecule has 18 heavy (non-hydrogen) atoms. The van der Waals surface area contributed by atoms with Crippen molar-refractivity contribution in [3.63, 3.8) is 0 Å². The van der Waals surface area contributed by atoms with E-state index < -0.39 is 0 Å². The quantitative estimate of drug-likeness (QED) is 0.931. The molecule has 1 aromatic heterocycles. The standard InChI is InChI=1S/C14H15BrN2O/c15-11-6-4-10(5-7-11)13-12(17-18-14(13)16)8-9-2-1-3-9/h4-7,9H,1-3,8,16H2. The SMILES string of the molecule is Nc1onc(CC2CCC2)c1-c1ccc(Br)cc1. The molecule has 0 spiro atoms. The van der Waals surface area contributed by atoms with E-state index in [0.29, 0.717) is 5.88 Å². The lowest BCUT2D eigenvalue weighted by Gasteiger charge is -2.24. The Labute approximate surface area is 114 Å². The Morgan fingerprint density at radius 3 is 2.61 bits per heavy atom. The van der Waals surface area contributed by atoms with Crippen LogP contribution < -0.4 is 5.73 Å². The fraction of sp³-hybridized carbons (Fsp3) is 0.357. The van der Waals surface area contributed by atoms with E-state index in [-0.39, 0.29) is 0 Å². The van der Waals surface area contributed by atoms with Crippen molar-refractivity contribution in [3.05, 3.63) is 34.4 Å². The number of halogens is 1. The minimum atomic E-state index is 0.423. The van der Waals surface area contributed by atoms with Gasteiger partial charge in [0, 0.05) is 4.47 Å². The molecule has 1 saturated carbocycles. The Kier molecular flexibility index (Phi) is 3.12. The molecule has 0 saturated heterocycles. The number of nitrogen functional groups attached to an aromatic ring is 1. The topological polar surface area (TPSA) is 52.0 Å². The van der Waals surface area contributed by atoms with Gasteiger partial charge in [0.2, 0.25) is 5.88 Å². The lowest BCUT2D eigenvalue weighted by atomic mass is 9.81. The van der Waals surface area contributed by atoms with Crippen molar-refractivity contribution < 1.29 is 4.52 Å². The highest BCUT2D eigenvalue weighted by Gasteiger charge is 2.23. The zero-order valence-electron chi connectivity index (χ0n) is 10.0. The fourth-order valence-corrected chi connectivity index (χ4v) is 2.64. The van der Waals surface area contributed by atoms with Crippen molar-refractivity contribution in [2.45, 2.75) is 25.7 Å². The van der Waals surface area contributed by atoms with Gasteiger partial charge in [-0.25, -0.2) is 0 Å². The van der Waals surface area contributed by atoms with E-state index in [1.54, 1.807) is 0 Å². The highest BCUT2D eigenvalue weighted by atomic mass is 79.9. The molecule has 1 aromatic carbocycles. The second kappa shape index (κ2) is 4.76. The maximum Gasteiger partial charge on any atom is 0.230 e. The van der Waals surface area contributed by atoms with Crippen molar-refractivity contribution in [3.8, 4) is 11.1 Å². The van der Waals surface area contributed by atoms with E-state index >= 15 is 0 Å². The zero-order valence-corrected chi connectivity index (χ0v) is 11.6. The third kappa shape index (κ3) is 2.17. The van der Waals surface area contributed by atoms with Gasteiger partial charge in [-0.05, 0) is 30.0 Å². The molecular weight excluding hydrogens is 292 g/mol. The second-order valence-electron chi connectivity index (χ2n) is 4.88. The van der Waals surface area contributed by atoms with Gasteiger partial charge in [0.15, 0.2) is 0 Å². The van der Waals surface area contributed by atoms with E-state index in [4.69, 9.17) is 10.3 Å². The molecule has 94 valence electrons. The molecular formula is C14H15BrN2O. The van der Waals surface area contributed by atoms with Crippen LogP contribution in [0.25, 0.3) is 11.1 Å². The second-order valence-corrected chi connectivity index (χ2v) is 5.79. The maximum absolute atomic E-state index is 5.91. The monoisotopic (exact) mass is 306 g/mol. The molecule has 0 atom stereocenters. The molecule has 3 nitrogen and oxygen atoms in total. The molecule has 2 N–H and O–H groups in total. The summed E-state index contributed by atoms with van der Waals surface area (Å²) in [6.45, 7) is 0. The van der Waals surface area contributed by atoms with Gasteiger partial charge < -0.3 is 10.3 Å². The molecule has 0 radical (unpaired) electrons. The number of rotatable bonds is 3. The van der Waals surface area contributed by atoms with Gasteiger partial charge in [0.1, 0.15) is 0 Å². The Morgan fingerprint density at radius 2 is 2.00 bits per heavy atom. The summed E-state index contributed by atoms with van der Waals surface area (Å²) in [5.41, 5.74) is 8.95. The van der Waals surface area contributed by atoms with Gasteiger partial charge in [-0.1, -0.05) is 52.5 Å². The lowest BCUT2D eigenvalue weighted by Crippen LogP contribution is -2.14. The van der Waals surface area contributed by atoms with Crippen molar-refractivity contribution in [2.75, 3.05) is 5.73 Å². The predicted molar refractivity (Wildman–Crippen MR) is 75.1 cm³/mol. The van der Waals surface area contributed by atoms with Crippen molar-refractivity contribution in [1.29, 1.82) is 0 Å². The van der Waals surface area contributed by atoms with Gasteiger partial charge in [0.05, 0.1) is 11.3 Å². The third-order valence-electron chi connectivity index (χ3n) is 3.63.